The van der Waals surface area contributed by atoms with Crippen molar-refractivity contribution in [2.45, 2.75) is 13.2 Å². The van der Waals surface area contributed by atoms with Gasteiger partial charge in [0.05, 0.1) is 0 Å². The Morgan fingerprint density at radius 1 is 1.88 bits per heavy atom. The molecule has 0 heterocycles. The zero-order valence-electron chi connectivity index (χ0n) is 4.92. The van der Waals surface area contributed by atoms with Gasteiger partial charge >= 0.3 is 7.05 Å². The molecule has 0 amide bonds. The zero-order valence-corrected chi connectivity index (χ0v) is 4.92. The molecule has 0 fully saturated rings. The van der Waals surface area contributed by atoms with Gasteiger partial charge in [0.25, 0.3) is 0 Å². The minimum absolute atomic E-state index is 0.463. The summed E-state index contributed by atoms with van der Waals surface area (Å²) < 4.78 is 0. The fourth-order valence-electron chi connectivity index (χ4n) is 0.351. The molecule has 0 aliphatic rings. The van der Waals surface area contributed by atoms with Crippen molar-refractivity contribution in [1.82, 2.24) is 5.23 Å². The quantitative estimate of drug-likeness (QED) is 0.288. The monoisotopic (exact) mass is 115 g/mol. The van der Waals surface area contributed by atoms with Crippen molar-refractivity contribution in [1.29, 1.82) is 0 Å². The third-order valence-corrected chi connectivity index (χ3v) is 0.702. The van der Waals surface area contributed by atoms with Crippen LogP contribution in [-0.2, 0) is 4.79 Å². The highest BCUT2D eigenvalue weighted by molar-refractivity contribution is 6.45. The van der Waals surface area contributed by atoms with Gasteiger partial charge in [-0.3, -0.25) is 0 Å². The smallest absolute Gasteiger partial charge is 0.373 e. The highest BCUT2D eigenvalue weighted by Gasteiger charge is 1.97. The Balaban J connectivity index is 2.81. The normalized spacial score (nSPS) is 8.75. The number of nitrogens with one attached hydrogen (secondary N) is 1. The molecule has 0 saturated heterocycles. The first-order valence-electron chi connectivity index (χ1n) is 2.62. The third-order valence-electron chi connectivity index (χ3n) is 0.702. The number of carbonyl (C=O) groups is 1. The molecule has 0 aromatic carbocycles. The van der Waals surface area contributed by atoms with Crippen LogP contribution in [0.15, 0.2) is 0 Å². The molecule has 3 nitrogen and oxygen atoms in total. The first-order valence-corrected chi connectivity index (χ1v) is 2.62. The van der Waals surface area contributed by atoms with E-state index in [0.717, 1.165) is 6.29 Å². The molecule has 8 heavy (non-hydrogen) atoms. The first kappa shape index (κ1) is 7.65. The van der Waals surface area contributed by atoms with Crippen molar-refractivity contribution in [3.8, 4) is 0 Å². The molecule has 0 aromatic heterocycles. The van der Waals surface area contributed by atoms with E-state index in [-0.39, 0.29) is 0 Å². The molecule has 0 aromatic rings. The van der Waals surface area contributed by atoms with Gasteiger partial charge in [-0.15, -0.1) is 0 Å². The van der Waals surface area contributed by atoms with Crippen LogP contribution in [0.5, 0.6) is 0 Å². The van der Waals surface area contributed by atoms with Gasteiger partial charge in [-0.1, -0.05) is 0 Å². The minimum Gasteiger partial charge on any atom is -0.437 e. The predicted molar refractivity (Wildman–Crippen MR) is 32.5 cm³/mol. The summed E-state index contributed by atoms with van der Waals surface area (Å²) in [4.78, 5) is 9.66. The lowest BCUT2D eigenvalue weighted by molar-refractivity contribution is -0.107. The Bertz CT molecular complexity index is 67.1. The second-order valence-electron chi connectivity index (χ2n) is 1.59. The second-order valence-corrected chi connectivity index (χ2v) is 1.59. The Hall–Kier alpha value is -0.345. The number of aldehydes is 1. The van der Waals surface area contributed by atoms with Gasteiger partial charge in [0.2, 0.25) is 0 Å². The molecule has 2 N–H and O–H groups in total. The van der Waals surface area contributed by atoms with Gasteiger partial charge in [-0.25, -0.2) is 0 Å². The summed E-state index contributed by atoms with van der Waals surface area (Å²) in [5.41, 5.74) is 0. The first-order chi connectivity index (χ1) is 3.77. The standard InChI is InChI=1S/C4H10BNO2/c1-5(8)6-3-2-4-7/h4,6,8H,2-3H2,1H3. The van der Waals surface area contributed by atoms with E-state index in [1.165, 1.54) is 0 Å². The predicted octanol–water partition coefficient (Wildman–Crippen LogP) is -0.725. The Morgan fingerprint density at radius 3 is 2.88 bits per heavy atom. The maximum absolute atomic E-state index is 9.66. The molecule has 0 atom stereocenters. The van der Waals surface area contributed by atoms with E-state index in [0.29, 0.717) is 13.0 Å². The molecule has 0 rings (SSSR count). The molecule has 46 valence electrons. The van der Waals surface area contributed by atoms with Crippen LogP contribution in [0.1, 0.15) is 6.42 Å². The summed E-state index contributed by atoms with van der Waals surface area (Å²) in [6, 6.07) is 0. The number of rotatable bonds is 4. The van der Waals surface area contributed by atoms with Crippen molar-refractivity contribution in [3.63, 3.8) is 0 Å². The lowest BCUT2D eigenvalue weighted by Gasteiger charge is -1.97. The molecule has 4 heteroatoms. The van der Waals surface area contributed by atoms with E-state index in [2.05, 4.69) is 5.23 Å². The van der Waals surface area contributed by atoms with Gasteiger partial charge < -0.3 is 15.0 Å². The number of carbonyl (C=O) groups excluding carboxylic acids is 1. The molecular weight excluding hydrogens is 105 g/mol. The molecule has 0 aliphatic carbocycles. The van der Waals surface area contributed by atoms with Gasteiger partial charge in [0, 0.05) is 6.42 Å². The van der Waals surface area contributed by atoms with Gasteiger partial charge in [0.1, 0.15) is 6.29 Å². The van der Waals surface area contributed by atoms with Crippen LogP contribution in [0.2, 0.25) is 6.82 Å². The average Bonchev–Trinajstić information content (AvgIpc) is 1.66. The fraction of sp³-hybridized carbons (Fsp3) is 0.750. The Morgan fingerprint density at radius 2 is 2.50 bits per heavy atom. The summed E-state index contributed by atoms with van der Waals surface area (Å²) >= 11 is 0. The third kappa shape index (κ3) is 5.65. The van der Waals surface area contributed by atoms with Gasteiger partial charge in [-0.05, 0) is 13.4 Å². The fourth-order valence-corrected chi connectivity index (χ4v) is 0.351. The molecule has 0 unspecified atom stereocenters. The highest BCUT2D eigenvalue weighted by Crippen LogP contribution is 1.68. The molecule has 0 radical (unpaired) electrons. The van der Waals surface area contributed by atoms with Crippen molar-refractivity contribution in [3.05, 3.63) is 0 Å². The lowest BCUT2D eigenvalue weighted by Crippen LogP contribution is -2.31. The van der Waals surface area contributed by atoms with E-state index in [4.69, 9.17) is 5.02 Å². The van der Waals surface area contributed by atoms with Crippen molar-refractivity contribution in [2.24, 2.45) is 0 Å². The van der Waals surface area contributed by atoms with Crippen LogP contribution in [0.3, 0.4) is 0 Å². The maximum Gasteiger partial charge on any atom is 0.373 e. The van der Waals surface area contributed by atoms with Crippen LogP contribution >= 0.6 is 0 Å². The largest absolute Gasteiger partial charge is 0.437 e. The van der Waals surface area contributed by atoms with Crippen molar-refractivity contribution < 1.29 is 9.82 Å². The van der Waals surface area contributed by atoms with Crippen LogP contribution in [0, 0.1) is 0 Å². The van der Waals surface area contributed by atoms with Gasteiger partial charge in [-0.2, -0.15) is 0 Å². The van der Waals surface area contributed by atoms with E-state index in [9.17, 15) is 4.79 Å². The Kier molecular flexibility index (Phi) is 4.60. The number of hydrogen-bond acceptors (Lipinski definition) is 3. The summed E-state index contributed by atoms with van der Waals surface area (Å²) in [6.45, 7) is 2.17. The van der Waals surface area contributed by atoms with Crippen LogP contribution in [0.25, 0.3) is 0 Å². The summed E-state index contributed by atoms with van der Waals surface area (Å²) in [5, 5.41) is 11.2. The van der Waals surface area contributed by atoms with E-state index >= 15 is 0 Å². The lowest BCUT2D eigenvalue weighted by atomic mass is 9.89. The molecule has 0 saturated carbocycles. The van der Waals surface area contributed by atoms with Crippen LogP contribution in [0.4, 0.5) is 0 Å². The van der Waals surface area contributed by atoms with E-state index in [1.54, 1.807) is 6.82 Å². The average molecular weight is 115 g/mol. The minimum atomic E-state index is -0.505. The maximum atomic E-state index is 9.66. The van der Waals surface area contributed by atoms with Crippen LogP contribution < -0.4 is 5.23 Å². The molecule has 0 bridgehead atoms. The topological polar surface area (TPSA) is 49.3 Å². The zero-order chi connectivity index (χ0) is 6.41. The van der Waals surface area contributed by atoms with E-state index in [1.807, 2.05) is 0 Å². The van der Waals surface area contributed by atoms with Crippen LogP contribution in [-0.4, -0.2) is 24.9 Å². The highest BCUT2D eigenvalue weighted by atomic mass is 16.2. The van der Waals surface area contributed by atoms with Crippen molar-refractivity contribution in [2.75, 3.05) is 6.54 Å². The van der Waals surface area contributed by atoms with E-state index < -0.39 is 7.05 Å². The summed E-state index contributed by atoms with van der Waals surface area (Å²) in [6.07, 6.45) is 1.28. The number of hydrogen-bond donors (Lipinski definition) is 2. The van der Waals surface area contributed by atoms with Gasteiger partial charge in [0.15, 0.2) is 0 Å². The molecular formula is C4H10BNO2. The molecule has 0 aliphatic heterocycles. The summed E-state index contributed by atoms with van der Waals surface area (Å²) in [7, 11) is -0.505. The summed E-state index contributed by atoms with van der Waals surface area (Å²) in [5.74, 6) is 0. The Labute approximate surface area is 49.2 Å². The molecule has 0 spiro atoms. The van der Waals surface area contributed by atoms with Crippen molar-refractivity contribution >= 4 is 13.3 Å². The SMILES string of the molecule is CB(O)NCCC=O. The second kappa shape index (κ2) is 4.81.